The first-order chi connectivity index (χ1) is 4.74. The van der Waals surface area contributed by atoms with E-state index in [0.29, 0.717) is 6.16 Å². The van der Waals surface area contributed by atoms with Gasteiger partial charge in [0.05, 0.1) is 0 Å². The van der Waals surface area contributed by atoms with Crippen LogP contribution < -0.4 is 0 Å². The van der Waals surface area contributed by atoms with Gasteiger partial charge in [0, 0.05) is 0 Å². The van der Waals surface area contributed by atoms with Crippen LogP contribution >= 0.6 is 7.94 Å². The number of rotatable bonds is 5. The van der Waals surface area contributed by atoms with E-state index in [1.165, 1.54) is 0 Å². The molecule has 10 heavy (non-hydrogen) atoms. The van der Waals surface area contributed by atoms with Crippen LogP contribution in [0.25, 0.3) is 0 Å². The van der Waals surface area contributed by atoms with Gasteiger partial charge in [-0.05, 0) is 0 Å². The first-order valence-corrected chi connectivity index (χ1v) is 4.94. The van der Waals surface area contributed by atoms with Gasteiger partial charge in [-0.15, -0.1) is 0 Å². The van der Waals surface area contributed by atoms with Gasteiger partial charge in [0.25, 0.3) is 0 Å². The Morgan fingerprint density at radius 1 is 1.20 bits per heavy atom. The van der Waals surface area contributed by atoms with E-state index in [1.807, 2.05) is 0 Å². The molecule has 0 fully saturated rings. The third kappa shape index (κ3) is 2.35. The Hall–Kier alpha value is 0.0500. The molecule has 4 heteroatoms. The summed E-state index contributed by atoms with van der Waals surface area (Å²) < 4.78 is 15.3. The second kappa shape index (κ2) is 4.80. The quantitative estimate of drug-likeness (QED) is 0.458. The van der Waals surface area contributed by atoms with Gasteiger partial charge in [0.1, 0.15) is 0 Å². The van der Waals surface area contributed by atoms with Gasteiger partial charge in [0.2, 0.25) is 0 Å². The molecule has 3 nitrogen and oxygen atoms in total. The van der Waals surface area contributed by atoms with Crippen molar-refractivity contribution in [3.05, 3.63) is 12.7 Å². The summed E-state index contributed by atoms with van der Waals surface area (Å²) in [6.45, 7) is 3.58. The second-order valence-electron chi connectivity index (χ2n) is 1.79. The molecule has 0 aliphatic carbocycles. The van der Waals surface area contributed by atoms with Crippen molar-refractivity contribution in [2.75, 3.05) is 27.5 Å². The Labute approximate surface area is 62.6 Å². The van der Waals surface area contributed by atoms with Crippen LogP contribution in [0.1, 0.15) is 0 Å². The van der Waals surface area contributed by atoms with E-state index in [1.54, 1.807) is 27.4 Å². The summed E-state index contributed by atoms with van der Waals surface area (Å²) in [7, 11) is 2.42. The molecule has 0 saturated carbocycles. The fourth-order valence-corrected chi connectivity index (χ4v) is 2.03. The summed E-state index contributed by atoms with van der Waals surface area (Å²) in [6.07, 6.45) is 2.39. The molecule has 0 atom stereocenters. The molecule has 0 aromatic rings. The molecule has 0 heterocycles. The van der Waals surface area contributed by atoms with Gasteiger partial charge in [-0.3, -0.25) is 0 Å². The third-order valence-corrected chi connectivity index (χ3v) is 3.98. The van der Waals surface area contributed by atoms with Crippen LogP contribution in [-0.2, 0) is 13.6 Å². The fraction of sp³-hybridized carbons (Fsp3) is 0.667. The molecule has 0 aliphatic heterocycles. The standard InChI is InChI=1S/C6H15O3P/c1-5-6-10(7-2,8-3)9-4/h5,10H,1,6H2,2-4H3. The van der Waals surface area contributed by atoms with Gasteiger partial charge >= 0.3 is 61.7 Å². The summed E-state index contributed by atoms with van der Waals surface area (Å²) >= 11 is 0. The summed E-state index contributed by atoms with van der Waals surface area (Å²) in [5, 5.41) is 0. The zero-order chi connectivity index (χ0) is 8.04. The van der Waals surface area contributed by atoms with Crippen LogP contribution in [0.15, 0.2) is 12.7 Å². The molecule has 0 aromatic carbocycles. The second-order valence-corrected chi connectivity index (χ2v) is 4.79. The first-order valence-electron chi connectivity index (χ1n) is 3.01. The van der Waals surface area contributed by atoms with Crippen LogP contribution in [0.5, 0.6) is 0 Å². The van der Waals surface area contributed by atoms with Gasteiger partial charge < -0.3 is 0 Å². The molecule has 0 rings (SSSR count). The van der Waals surface area contributed by atoms with Crippen molar-refractivity contribution in [3.8, 4) is 0 Å². The predicted octanol–water partition coefficient (Wildman–Crippen LogP) is 1.61. The average molecular weight is 166 g/mol. The predicted molar refractivity (Wildman–Crippen MR) is 44.4 cm³/mol. The SMILES string of the molecule is C=CC[PH](OC)(OC)OC. The van der Waals surface area contributed by atoms with Crippen molar-refractivity contribution in [2.45, 2.75) is 0 Å². The van der Waals surface area contributed by atoms with Crippen molar-refractivity contribution < 1.29 is 13.6 Å². The maximum atomic E-state index is 5.10. The van der Waals surface area contributed by atoms with E-state index in [2.05, 4.69) is 6.58 Å². The number of allylic oxidation sites excluding steroid dienone is 1. The zero-order valence-electron chi connectivity index (χ0n) is 6.72. The molecular weight excluding hydrogens is 151 g/mol. The van der Waals surface area contributed by atoms with Crippen molar-refractivity contribution in [1.29, 1.82) is 0 Å². The molecule has 0 N–H and O–H groups in total. The monoisotopic (exact) mass is 166 g/mol. The number of hydrogen-bond acceptors (Lipinski definition) is 3. The van der Waals surface area contributed by atoms with Crippen LogP contribution in [0.3, 0.4) is 0 Å². The molecule has 0 spiro atoms. The van der Waals surface area contributed by atoms with E-state index in [9.17, 15) is 0 Å². The summed E-state index contributed by atoms with van der Waals surface area (Å²) in [5.74, 6) is 0. The van der Waals surface area contributed by atoms with E-state index in [4.69, 9.17) is 13.6 Å². The number of hydrogen-bond donors (Lipinski definition) is 0. The van der Waals surface area contributed by atoms with Crippen molar-refractivity contribution in [1.82, 2.24) is 0 Å². The van der Waals surface area contributed by atoms with Gasteiger partial charge in [-0.2, -0.15) is 0 Å². The Morgan fingerprint density at radius 2 is 1.60 bits per heavy atom. The van der Waals surface area contributed by atoms with E-state index in [-0.39, 0.29) is 0 Å². The van der Waals surface area contributed by atoms with Gasteiger partial charge in [0.15, 0.2) is 0 Å². The van der Waals surface area contributed by atoms with Gasteiger partial charge in [-0.25, -0.2) is 0 Å². The Kier molecular flexibility index (Phi) is 4.83. The molecule has 0 amide bonds. The van der Waals surface area contributed by atoms with Crippen LogP contribution in [0.2, 0.25) is 0 Å². The van der Waals surface area contributed by atoms with E-state index in [0.717, 1.165) is 0 Å². The zero-order valence-corrected chi connectivity index (χ0v) is 7.72. The fourth-order valence-electron chi connectivity index (χ4n) is 0.677. The molecule has 0 saturated heterocycles. The summed E-state index contributed by atoms with van der Waals surface area (Å²) in [6, 6.07) is 0. The summed E-state index contributed by atoms with van der Waals surface area (Å²) in [5.41, 5.74) is 0. The Bertz CT molecular complexity index is 92.9. The van der Waals surface area contributed by atoms with Crippen molar-refractivity contribution >= 4 is 7.94 Å². The van der Waals surface area contributed by atoms with Gasteiger partial charge in [-0.1, -0.05) is 0 Å². The molecule has 0 unspecified atom stereocenters. The molecule has 62 valence electrons. The molecule has 0 bridgehead atoms. The van der Waals surface area contributed by atoms with Crippen molar-refractivity contribution in [3.63, 3.8) is 0 Å². The van der Waals surface area contributed by atoms with Crippen LogP contribution in [-0.4, -0.2) is 27.5 Å². The first kappa shape index (κ1) is 10.0. The van der Waals surface area contributed by atoms with E-state index < -0.39 is 7.94 Å². The average Bonchev–Trinajstić information content (AvgIpc) is 2.01. The normalized spacial score (nSPS) is 13.1. The third-order valence-electron chi connectivity index (χ3n) is 1.33. The minimum atomic E-state index is -2.34. The maximum absolute atomic E-state index is 5.10. The Morgan fingerprint density at radius 3 is 1.70 bits per heavy atom. The van der Waals surface area contributed by atoms with Crippen molar-refractivity contribution in [2.24, 2.45) is 0 Å². The molecular formula is C6H15O3P. The van der Waals surface area contributed by atoms with E-state index >= 15 is 0 Å². The Balaban J connectivity index is 4.00. The molecule has 0 aromatic heterocycles. The topological polar surface area (TPSA) is 27.7 Å². The van der Waals surface area contributed by atoms with Crippen LogP contribution in [0, 0.1) is 0 Å². The summed E-state index contributed by atoms with van der Waals surface area (Å²) in [4.78, 5) is 0. The molecule has 0 radical (unpaired) electrons. The minimum absolute atomic E-state index is 0.649. The van der Waals surface area contributed by atoms with Crippen LogP contribution in [0.4, 0.5) is 0 Å². The molecule has 0 aliphatic rings.